The average molecular weight is 807 g/mol. The fraction of sp³-hybridized carbons (Fsp3) is 0.559. The largest absolute Gasteiger partial charge is 0.458 e. The van der Waals surface area contributed by atoms with Crippen LogP contribution < -0.4 is 31.0 Å². The van der Waals surface area contributed by atoms with Crippen molar-refractivity contribution in [1.82, 2.24) is 20.7 Å². The quantitative estimate of drug-likeness (QED) is 0.131. The fourth-order valence-electron chi connectivity index (χ4n) is 5.71. The molecule has 3 atom stereocenters. The molecule has 1 heterocycles. The molecular formula is C34H50Cl3N5O7SSi. The molecular weight excluding hydrogens is 757 g/mol. The van der Waals surface area contributed by atoms with E-state index in [4.69, 9.17) is 48.1 Å². The second-order valence-corrected chi connectivity index (χ2v) is 22.8. The SMILES string of the molecule is CC(C)[C@H](NC(=O)N[C@H](CO[Si](c1ccccc1)(c1ccccc1)C(C)(C)C)[C@H]1CCN=C(NS(=O)(=O)OCC(Cl)(Cl)Cl)N1)C(=O)OC(C)(C)C. The van der Waals surface area contributed by atoms with Crippen molar-refractivity contribution in [2.75, 3.05) is 19.8 Å². The molecule has 0 bridgehead atoms. The molecule has 0 saturated heterocycles. The van der Waals surface area contributed by atoms with Crippen molar-refractivity contribution in [1.29, 1.82) is 0 Å². The highest BCUT2D eigenvalue weighted by Crippen LogP contribution is 2.37. The number of rotatable bonds is 13. The first kappa shape index (κ1) is 42.8. The lowest BCUT2D eigenvalue weighted by Gasteiger charge is -2.44. The van der Waals surface area contributed by atoms with E-state index >= 15 is 0 Å². The lowest BCUT2D eigenvalue weighted by molar-refractivity contribution is -0.158. The summed E-state index contributed by atoms with van der Waals surface area (Å²) in [6.45, 7) is 14.8. The molecule has 1 aliphatic rings. The average Bonchev–Trinajstić information content (AvgIpc) is 3.01. The first-order chi connectivity index (χ1) is 23.5. The van der Waals surface area contributed by atoms with Gasteiger partial charge in [0, 0.05) is 6.54 Å². The number of hydrogen-bond acceptors (Lipinski definition) is 9. The van der Waals surface area contributed by atoms with Crippen molar-refractivity contribution in [3.8, 4) is 0 Å². The number of benzene rings is 2. The number of alkyl halides is 3. The summed E-state index contributed by atoms with van der Waals surface area (Å²) < 4.78 is 43.1. The summed E-state index contributed by atoms with van der Waals surface area (Å²) in [4.78, 5) is 31.1. The van der Waals surface area contributed by atoms with Crippen LogP contribution in [0.25, 0.3) is 0 Å². The van der Waals surface area contributed by atoms with Crippen LogP contribution in [-0.4, -0.2) is 82.0 Å². The summed E-state index contributed by atoms with van der Waals surface area (Å²) in [7, 11) is -7.51. The smallest absolute Gasteiger partial charge is 0.362 e. The molecule has 17 heteroatoms. The molecule has 0 fully saturated rings. The summed E-state index contributed by atoms with van der Waals surface area (Å²) >= 11 is 17.0. The first-order valence-corrected chi connectivity index (χ1v) is 21.1. The van der Waals surface area contributed by atoms with Crippen LogP contribution in [0.3, 0.4) is 0 Å². The molecule has 284 valence electrons. The minimum Gasteiger partial charge on any atom is -0.458 e. The van der Waals surface area contributed by atoms with Crippen LogP contribution in [-0.2, 0) is 28.4 Å². The van der Waals surface area contributed by atoms with Gasteiger partial charge in [-0.05, 0) is 48.5 Å². The topological polar surface area (TPSA) is 156 Å². The molecule has 2 aromatic carbocycles. The van der Waals surface area contributed by atoms with Crippen molar-refractivity contribution in [3.05, 3.63) is 60.7 Å². The Morgan fingerprint density at radius 2 is 1.49 bits per heavy atom. The number of carbonyl (C=O) groups is 2. The van der Waals surface area contributed by atoms with Gasteiger partial charge in [0.05, 0.1) is 18.7 Å². The number of guanidine groups is 1. The van der Waals surface area contributed by atoms with Crippen molar-refractivity contribution in [2.24, 2.45) is 10.9 Å². The molecule has 0 saturated carbocycles. The van der Waals surface area contributed by atoms with Gasteiger partial charge in [-0.3, -0.25) is 4.99 Å². The first-order valence-electron chi connectivity index (χ1n) is 16.6. The lowest BCUT2D eigenvalue weighted by Crippen LogP contribution is -2.68. The van der Waals surface area contributed by atoms with Gasteiger partial charge in [0.1, 0.15) is 18.2 Å². The number of amides is 2. The van der Waals surface area contributed by atoms with Crippen LogP contribution in [0, 0.1) is 5.92 Å². The molecule has 12 nitrogen and oxygen atoms in total. The molecule has 1 aliphatic heterocycles. The monoisotopic (exact) mass is 805 g/mol. The molecule has 0 aromatic heterocycles. The molecule has 51 heavy (non-hydrogen) atoms. The van der Waals surface area contributed by atoms with Crippen LogP contribution in [0.15, 0.2) is 65.7 Å². The summed E-state index contributed by atoms with van der Waals surface area (Å²) in [5.41, 5.74) is -0.758. The highest BCUT2D eigenvalue weighted by molar-refractivity contribution is 7.85. The van der Waals surface area contributed by atoms with Crippen LogP contribution in [0.4, 0.5) is 4.79 Å². The van der Waals surface area contributed by atoms with Gasteiger partial charge in [0.25, 0.3) is 8.32 Å². The Bertz CT molecular complexity index is 1560. The predicted molar refractivity (Wildman–Crippen MR) is 206 cm³/mol. The number of carbonyl (C=O) groups excluding carboxylic acids is 2. The highest BCUT2D eigenvalue weighted by atomic mass is 35.6. The fourth-order valence-corrected chi connectivity index (χ4v) is 11.4. The minimum atomic E-state index is -4.44. The molecule has 2 aromatic rings. The van der Waals surface area contributed by atoms with E-state index in [0.29, 0.717) is 6.42 Å². The van der Waals surface area contributed by atoms with Crippen molar-refractivity contribution >= 4 is 81.8 Å². The van der Waals surface area contributed by atoms with Gasteiger partial charge in [0.15, 0.2) is 0 Å². The van der Waals surface area contributed by atoms with Gasteiger partial charge in [-0.1, -0.05) is 130 Å². The maximum Gasteiger partial charge on any atom is 0.362 e. The Balaban J connectivity index is 1.99. The molecule has 0 spiro atoms. The van der Waals surface area contributed by atoms with E-state index in [1.54, 1.807) is 34.6 Å². The van der Waals surface area contributed by atoms with Gasteiger partial charge in [0.2, 0.25) is 9.75 Å². The Hall–Kier alpha value is -2.59. The Labute approximate surface area is 318 Å². The molecule has 0 aliphatic carbocycles. The second kappa shape index (κ2) is 17.5. The summed E-state index contributed by atoms with van der Waals surface area (Å²) in [5, 5.41) is 10.6. The van der Waals surface area contributed by atoms with Crippen LogP contribution >= 0.6 is 34.8 Å². The number of nitrogens with zero attached hydrogens (tertiary/aromatic N) is 1. The van der Waals surface area contributed by atoms with Crippen molar-refractivity contribution < 1.29 is 31.4 Å². The Kier molecular flexibility index (Phi) is 14.7. The third-order valence-corrected chi connectivity index (χ3v) is 14.1. The van der Waals surface area contributed by atoms with Crippen LogP contribution in [0.1, 0.15) is 61.8 Å². The van der Waals surface area contributed by atoms with Crippen LogP contribution in [0.2, 0.25) is 5.04 Å². The Morgan fingerprint density at radius 1 is 0.941 bits per heavy atom. The molecule has 4 N–H and O–H groups in total. The van der Waals surface area contributed by atoms with E-state index < -0.39 is 64.7 Å². The number of hydrogen-bond donors (Lipinski definition) is 4. The number of urea groups is 1. The number of halogens is 3. The normalized spacial score (nSPS) is 17.1. The minimum absolute atomic E-state index is 0.0148. The summed E-state index contributed by atoms with van der Waals surface area (Å²) in [6, 6.07) is 17.1. The number of ether oxygens (including phenoxy) is 1. The predicted octanol–water partition coefficient (Wildman–Crippen LogP) is 4.54. The van der Waals surface area contributed by atoms with E-state index in [0.717, 1.165) is 10.4 Å². The van der Waals surface area contributed by atoms with Gasteiger partial charge in [-0.2, -0.15) is 8.42 Å². The van der Waals surface area contributed by atoms with E-state index in [-0.39, 0.29) is 30.1 Å². The lowest BCUT2D eigenvalue weighted by atomic mass is 10.0. The summed E-state index contributed by atoms with van der Waals surface area (Å²) in [6.07, 6.45) is 0.398. The summed E-state index contributed by atoms with van der Waals surface area (Å²) in [5.74, 6) is -0.977. The number of aliphatic imine (C=N–C) groups is 1. The van der Waals surface area contributed by atoms with E-state index in [2.05, 4.69) is 70.7 Å². The molecule has 3 rings (SSSR count). The van der Waals surface area contributed by atoms with Gasteiger partial charge >= 0.3 is 22.3 Å². The molecule has 0 unspecified atom stereocenters. The zero-order valence-electron chi connectivity index (χ0n) is 30.3. The van der Waals surface area contributed by atoms with E-state index in [9.17, 15) is 18.0 Å². The number of esters is 1. The van der Waals surface area contributed by atoms with Crippen LogP contribution in [0.5, 0.6) is 0 Å². The van der Waals surface area contributed by atoms with Gasteiger partial charge in [-0.15, -0.1) is 0 Å². The standard InChI is InChI=1S/C34H50Cl3N5O7SSi/c1-23(2)28(29(43)49-32(3,4)5)41-31(44)40-27(26-19-20-38-30(39-26)42-50(45,46)47-22-34(35,36)37)21-48-51(33(6,7)8,24-15-11-9-12-16-24)25-17-13-10-14-18-25/h9-18,23,26-28H,19-22H2,1-8H3,(H2,38,39,42)(H2,40,41,44)/t26-,27-,28+/m1/s1. The van der Waals surface area contributed by atoms with E-state index in [1.165, 1.54) is 0 Å². The zero-order chi connectivity index (χ0) is 38.3. The van der Waals surface area contributed by atoms with Crippen molar-refractivity contribution in [3.63, 3.8) is 0 Å². The zero-order valence-corrected chi connectivity index (χ0v) is 34.3. The molecule has 2 amide bonds. The maximum absolute atomic E-state index is 13.7. The van der Waals surface area contributed by atoms with Gasteiger partial charge in [-0.25, -0.2) is 18.5 Å². The van der Waals surface area contributed by atoms with Gasteiger partial charge < -0.3 is 25.1 Å². The van der Waals surface area contributed by atoms with E-state index in [1.807, 2.05) is 36.4 Å². The third-order valence-electron chi connectivity index (χ3n) is 7.94. The highest BCUT2D eigenvalue weighted by Gasteiger charge is 2.51. The number of nitrogens with one attached hydrogen (secondary N) is 4. The van der Waals surface area contributed by atoms with Crippen molar-refractivity contribution in [2.45, 2.75) is 94.4 Å². The third kappa shape index (κ3) is 12.8. The maximum atomic E-state index is 13.7. The molecule has 0 radical (unpaired) electrons. The Morgan fingerprint density at radius 3 is 1.96 bits per heavy atom. The second-order valence-electron chi connectivity index (χ2n) is 14.7.